The molecule has 0 fully saturated rings. The number of aromatic nitrogens is 1. The number of aliphatic carboxylic acids is 1. The zero-order valence-corrected chi connectivity index (χ0v) is 23.5. The van der Waals surface area contributed by atoms with Gasteiger partial charge in [-0.2, -0.15) is 0 Å². The lowest BCUT2D eigenvalue weighted by Gasteiger charge is -2.32. The Hall–Kier alpha value is -5.25. The molecule has 4 aromatic rings. The highest BCUT2D eigenvalue weighted by Gasteiger charge is 2.57. The quantitative estimate of drug-likeness (QED) is 0.244. The van der Waals surface area contributed by atoms with Crippen molar-refractivity contribution < 1.29 is 43.5 Å². The first-order valence-electron chi connectivity index (χ1n) is 13.8. The second-order valence-electron chi connectivity index (χ2n) is 10.2. The maximum absolute atomic E-state index is 13.5. The molecule has 2 heterocycles. The van der Waals surface area contributed by atoms with E-state index in [1.165, 1.54) is 18.3 Å². The summed E-state index contributed by atoms with van der Waals surface area (Å²) in [6.07, 6.45) is 2.01. The van der Waals surface area contributed by atoms with E-state index in [9.17, 15) is 19.8 Å². The molecule has 220 valence electrons. The Kier molecular flexibility index (Phi) is 7.27. The number of methoxy groups -OCH3 is 1. The van der Waals surface area contributed by atoms with Crippen LogP contribution in [0, 0.1) is 0 Å². The minimum Gasteiger partial charge on any atom is -0.496 e. The van der Waals surface area contributed by atoms with E-state index in [0.29, 0.717) is 51.9 Å². The predicted molar refractivity (Wildman–Crippen MR) is 155 cm³/mol. The van der Waals surface area contributed by atoms with Gasteiger partial charge in [-0.3, -0.25) is 0 Å². The SMILES string of the molecule is CCCOc1ccc2c(c1-c1ccccc1OC)CC(Oc1ncccc1C(=O)O)(C(=O)O)C2c1ccc2c(c1)OCO2. The highest BCUT2D eigenvalue weighted by Crippen LogP contribution is 2.54. The second kappa shape index (κ2) is 11.2. The van der Waals surface area contributed by atoms with Gasteiger partial charge in [0, 0.05) is 23.7 Å². The molecule has 0 saturated carbocycles. The van der Waals surface area contributed by atoms with Crippen molar-refractivity contribution in [2.45, 2.75) is 31.3 Å². The lowest BCUT2D eigenvalue weighted by atomic mass is 9.81. The summed E-state index contributed by atoms with van der Waals surface area (Å²) in [7, 11) is 1.57. The Morgan fingerprint density at radius 3 is 2.58 bits per heavy atom. The van der Waals surface area contributed by atoms with Crippen LogP contribution in [-0.2, 0) is 11.2 Å². The third-order valence-corrected chi connectivity index (χ3v) is 7.74. The lowest BCUT2D eigenvalue weighted by molar-refractivity contribution is -0.156. The van der Waals surface area contributed by atoms with Crippen LogP contribution in [0.4, 0.5) is 0 Å². The van der Waals surface area contributed by atoms with E-state index < -0.39 is 23.5 Å². The normalized spacial score (nSPS) is 18.1. The Morgan fingerprint density at radius 2 is 1.81 bits per heavy atom. The molecule has 2 atom stereocenters. The number of carbonyl (C=O) groups is 2. The van der Waals surface area contributed by atoms with Gasteiger partial charge in [0.05, 0.1) is 19.6 Å². The van der Waals surface area contributed by atoms with Gasteiger partial charge in [0.25, 0.3) is 0 Å². The monoisotopic (exact) mass is 583 g/mol. The summed E-state index contributed by atoms with van der Waals surface area (Å²) >= 11 is 0. The van der Waals surface area contributed by atoms with E-state index >= 15 is 0 Å². The van der Waals surface area contributed by atoms with Crippen LogP contribution in [0.5, 0.6) is 28.9 Å². The van der Waals surface area contributed by atoms with Crippen molar-refractivity contribution in [3.05, 3.63) is 95.2 Å². The third kappa shape index (κ3) is 4.74. The van der Waals surface area contributed by atoms with Crippen LogP contribution in [0.3, 0.4) is 0 Å². The number of hydrogen-bond donors (Lipinski definition) is 2. The molecule has 3 aromatic carbocycles. The number of ether oxygens (including phenoxy) is 5. The first kappa shape index (κ1) is 27.9. The topological polar surface area (TPSA) is 134 Å². The number of rotatable bonds is 10. The second-order valence-corrected chi connectivity index (χ2v) is 10.2. The van der Waals surface area contributed by atoms with Gasteiger partial charge in [-0.1, -0.05) is 37.3 Å². The molecule has 0 radical (unpaired) electrons. The average Bonchev–Trinajstić information content (AvgIpc) is 3.62. The van der Waals surface area contributed by atoms with Gasteiger partial charge >= 0.3 is 11.9 Å². The number of para-hydroxylation sites is 1. The highest BCUT2D eigenvalue weighted by atomic mass is 16.7. The van der Waals surface area contributed by atoms with Gasteiger partial charge in [0.2, 0.25) is 18.3 Å². The van der Waals surface area contributed by atoms with Gasteiger partial charge in [-0.15, -0.1) is 0 Å². The number of pyridine rings is 1. The molecule has 43 heavy (non-hydrogen) atoms. The third-order valence-electron chi connectivity index (χ3n) is 7.74. The maximum atomic E-state index is 13.5. The fourth-order valence-corrected chi connectivity index (χ4v) is 5.88. The minimum atomic E-state index is -1.99. The molecule has 6 rings (SSSR count). The van der Waals surface area contributed by atoms with Crippen molar-refractivity contribution >= 4 is 11.9 Å². The Balaban J connectivity index is 1.63. The molecular formula is C33H29NO9. The van der Waals surface area contributed by atoms with Crippen molar-refractivity contribution in [3.8, 4) is 40.0 Å². The van der Waals surface area contributed by atoms with Gasteiger partial charge in [0.1, 0.15) is 17.1 Å². The van der Waals surface area contributed by atoms with Crippen molar-refractivity contribution in [1.82, 2.24) is 4.98 Å². The molecule has 0 saturated heterocycles. The zero-order valence-electron chi connectivity index (χ0n) is 23.5. The van der Waals surface area contributed by atoms with E-state index in [-0.39, 0.29) is 24.7 Å². The fourth-order valence-electron chi connectivity index (χ4n) is 5.88. The molecule has 1 aliphatic carbocycles. The smallest absolute Gasteiger partial charge is 0.349 e. The fraction of sp³-hybridized carbons (Fsp3) is 0.242. The zero-order chi connectivity index (χ0) is 30.1. The average molecular weight is 584 g/mol. The molecule has 2 N–H and O–H groups in total. The number of carboxylic acid groups (broad SMARTS) is 2. The molecule has 0 bridgehead atoms. The van der Waals surface area contributed by atoms with E-state index in [1.54, 1.807) is 25.3 Å². The van der Waals surface area contributed by atoms with Crippen molar-refractivity contribution in [3.63, 3.8) is 0 Å². The maximum Gasteiger partial charge on any atom is 0.349 e. The number of nitrogens with zero attached hydrogens (tertiary/aromatic N) is 1. The van der Waals surface area contributed by atoms with Crippen molar-refractivity contribution in [2.75, 3.05) is 20.5 Å². The molecular weight excluding hydrogens is 554 g/mol. The van der Waals surface area contributed by atoms with Crippen molar-refractivity contribution in [1.29, 1.82) is 0 Å². The first-order valence-corrected chi connectivity index (χ1v) is 13.8. The molecule has 10 nitrogen and oxygen atoms in total. The van der Waals surface area contributed by atoms with Crippen LogP contribution in [0.2, 0.25) is 0 Å². The lowest BCUT2D eigenvalue weighted by Crippen LogP contribution is -2.49. The molecule has 2 unspecified atom stereocenters. The van der Waals surface area contributed by atoms with Crippen LogP contribution in [0.15, 0.2) is 72.9 Å². The number of carboxylic acids is 2. The highest BCUT2D eigenvalue weighted by molar-refractivity contribution is 5.91. The standard InChI is InChI=1S/C33H29NO9/c1-3-15-40-26-13-11-20-23(28(26)21-7-4-5-9-24(21)39-2)17-33(32(37)38,43-30-22(31(35)36)8-6-14-34-30)29(20)19-10-12-25-27(16-19)42-18-41-25/h4-14,16,29H,3,15,17-18H2,1-2H3,(H,35,36)(H,37,38). The van der Waals surface area contributed by atoms with Crippen molar-refractivity contribution in [2.24, 2.45) is 0 Å². The summed E-state index contributed by atoms with van der Waals surface area (Å²) in [4.78, 5) is 29.8. The van der Waals surface area contributed by atoms with Crippen LogP contribution in [0.1, 0.15) is 46.3 Å². The summed E-state index contributed by atoms with van der Waals surface area (Å²) in [5.41, 5.74) is 1.11. The van der Waals surface area contributed by atoms with Crippen LogP contribution in [-0.4, -0.2) is 53.2 Å². The minimum absolute atomic E-state index is 0.0482. The molecule has 1 aromatic heterocycles. The summed E-state index contributed by atoms with van der Waals surface area (Å²) in [6, 6.07) is 19.2. The van der Waals surface area contributed by atoms with E-state index in [1.807, 2.05) is 43.3 Å². The van der Waals surface area contributed by atoms with E-state index in [0.717, 1.165) is 12.0 Å². The van der Waals surface area contributed by atoms with Gasteiger partial charge < -0.3 is 33.9 Å². The molecule has 0 amide bonds. The largest absolute Gasteiger partial charge is 0.496 e. The number of fused-ring (bicyclic) bond motifs is 2. The summed E-state index contributed by atoms with van der Waals surface area (Å²) < 4.78 is 29.4. The summed E-state index contributed by atoms with van der Waals surface area (Å²) in [6.45, 7) is 2.50. The van der Waals surface area contributed by atoms with Crippen LogP contribution >= 0.6 is 0 Å². The van der Waals surface area contributed by atoms with Crippen LogP contribution < -0.4 is 23.7 Å². The Morgan fingerprint density at radius 1 is 1.00 bits per heavy atom. The Labute approximate surface area is 247 Å². The van der Waals surface area contributed by atoms with E-state index in [4.69, 9.17) is 23.7 Å². The molecule has 2 aliphatic rings. The summed E-state index contributed by atoms with van der Waals surface area (Å²) in [5.74, 6) is -1.59. The first-order chi connectivity index (χ1) is 20.9. The molecule has 0 spiro atoms. The van der Waals surface area contributed by atoms with E-state index in [2.05, 4.69) is 4.98 Å². The number of aromatic carboxylic acids is 1. The van der Waals surface area contributed by atoms with Gasteiger partial charge in [0.15, 0.2) is 11.5 Å². The molecule has 1 aliphatic heterocycles. The predicted octanol–water partition coefficient (Wildman–Crippen LogP) is 5.56. The van der Waals surface area contributed by atoms with Gasteiger partial charge in [-0.25, -0.2) is 14.6 Å². The summed E-state index contributed by atoms with van der Waals surface area (Å²) in [5, 5.41) is 20.9. The van der Waals surface area contributed by atoms with Crippen LogP contribution in [0.25, 0.3) is 11.1 Å². The Bertz CT molecular complexity index is 1720. The number of hydrogen-bond acceptors (Lipinski definition) is 8. The molecule has 10 heteroatoms. The number of benzene rings is 3. The van der Waals surface area contributed by atoms with Gasteiger partial charge in [-0.05, 0) is 59.5 Å².